The number of fused-ring (bicyclic) bond motifs is 1. The number of hydrogen-bond acceptors (Lipinski definition) is 4. The van der Waals surface area contributed by atoms with Crippen molar-refractivity contribution in [2.75, 3.05) is 25.1 Å². The van der Waals surface area contributed by atoms with Crippen LogP contribution < -0.4 is 9.64 Å². The molecule has 0 unspecified atom stereocenters. The van der Waals surface area contributed by atoms with Gasteiger partial charge in [0.05, 0.1) is 18.1 Å². The topological polar surface area (TPSA) is 58.2 Å². The maximum atomic E-state index is 12.6. The molecule has 156 valence electrons. The molecule has 3 aromatic carbocycles. The first-order chi connectivity index (χ1) is 15.2. The van der Waals surface area contributed by atoms with Gasteiger partial charge in [-0.25, -0.2) is 4.98 Å². The van der Waals surface area contributed by atoms with Gasteiger partial charge in [0.1, 0.15) is 11.6 Å². The summed E-state index contributed by atoms with van der Waals surface area (Å²) in [5, 5.41) is 0. The number of anilines is 1. The number of benzene rings is 3. The molecule has 5 rings (SSSR count). The predicted octanol–water partition coefficient (Wildman–Crippen LogP) is 5.26. The number of aromatic amines is 1. The molecule has 31 heavy (non-hydrogen) atoms. The van der Waals surface area contributed by atoms with E-state index in [1.165, 1.54) is 18.5 Å². The lowest BCUT2D eigenvalue weighted by Gasteiger charge is -2.17. The number of ketones is 1. The van der Waals surface area contributed by atoms with Crippen molar-refractivity contribution in [3.63, 3.8) is 0 Å². The van der Waals surface area contributed by atoms with E-state index in [-0.39, 0.29) is 5.78 Å². The normalized spacial score (nSPS) is 13.6. The van der Waals surface area contributed by atoms with E-state index in [1.807, 2.05) is 30.3 Å². The second-order valence-corrected chi connectivity index (χ2v) is 8.01. The van der Waals surface area contributed by atoms with Crippen LogP contribution in [0.15, 0.2) is 66.7 Å². The van der Waals surface area contributed by atoms with Crippen LogP contribution in [0.25, 0.3) is 22.4 Å². The smallest absolute Gasteiger partial charge is 0.167 e. The van der Waals surface area contributed by atoms with E-state index in [2.05, 4.69) is 34.1 Å². The second kappa shape index (κ2) is 8.26. The van der Waals surface area contributed by atoms with E-state index >= 15 is 0 Å². The number of Topliss-reactive ketones (excluding diaryl/α,β-unsaturated/α-hetero) is 1. The highest BCUT2D eigenvalue weighted by atomic mass is 16.5. The Morgan fingerprint density at radius 2 is 1.74 bits per heavy atom. The van der Waals surface area contributed by atoms with Crippen LogP contribution >= 0.6 is 0 Å². The molecule has 5 nitrogen and oxygen atoms in total. The molecule has 0 saturated carbocycles. The van der Waals surface area contributed by atoms with Crippen LogP contribution in [0.5, 0.6) is 5.75 Å². The number of ether oxygens (including phenoxy) is 1. The number of rotatable bonds is 6. The van der Waals surface area contributed by atoms with Crippen LogP contribution in [-0.4, -0.2) is 36.0 Å². The maximum absolute atomic E-state index is 12.6. The minimum Gasteiger partial charge on any atom is -0.497 e. The van der Waals surface area contributed by atoms with E-state index in [0.717, 1.165) is 46.8 Å². The van der Waals surface area contributed by atoms with Crippen molar-refractivity contribution < 1.29 is 9.53 Å². The number of carbonyl (C=O) groups is 1. The number of nitrogens with zero attached hydrogens (tertiary/aromatic N) is 2. The highest BCUT2D eigenvalue weighted by molar-refractivity contribution is 5.98. The van der Waals surface area contributed by atoms with Gasteiger partial charge in [-0.3, -0.25) is 4.79 Å². The molecule has 2 heterocycles. The maximum Gasteiger partial charge on any atom is 0.167 e. The number of H-pyrrole nitrogens is 1. The summed E-state index contributed by atoms with van der Waals surface area (Å²) in [4.78, 5) is 23.2. The van der Waals surface area contributed by atoms with Gasteiger partial charge < -0.3 is 14.6 Å². The minimum absolute atomic E-state index is 0.0826. The fourth-order valence-electron chi connectivity index (χ4n) is 4.17. The summed E-state index contributed by atoms with van der Waals surface area (Å²) in [7, 11) is 1.62. The summed E-state index contributed by atoms with van der Waals surface area (Å²) < 4.78 is 5.16. The zero-order chi connectivity index (χ0) is 21.2. The van der Waals surface area contributed by atoms with Crippen LogP contribution in [0.4, 0.5) is 5.69 Å². The lowest BCUT2D eigenvalue weighted by molar-refractivity contribution is 0.0993. The van der Waals surface area contributed by atoms with Crippen molar-refractivity contribution in [3.05, 3.63) is 77.9 Å². The van der Waals surface area contributed by atoms with Gasteiger partial charge in [-0.15, -0.1) is 0 Å². The second-order valence-electron chi connectivity index (χ2n) is 8.01. The summed E-state index contributed by atoms with van der Waals surface area (Å²) in [5.41, 5.74) is 5.84. The predicted molar refractivity (Wildman–Crippen MR) is 124 cm³/mol. The Morgan fingerprint density at radius 1 is 1.00 bits per heavy atom. The van der Waals surface area contributed by atoms with Gasteiger partial charge in [0.15, 0.2) is 5.78 Å². The Labute approximate surface area is 181 Å². The average molecular weight is 412 g/mol. The van der Waals surface area contributed by atoms with Crippen molar-refractivity contribution in [2.45, 2.75) is 19.3 Å². The summed E-state index contributed by atoms with van der Waals surface area (Å²) in [6.45, 7) is 2.28. The Balaban J connectivity index is 1.34. The van der Waals surface area contributed by atoms with Gasteiger partial charge in [-0.1, -0.05) is 6.07 Å². The summed E-state index contributed by atoms with van der Waals surface area (Å²) in [6, 6.07) is 21.8. The molecule has 5 heteroatoms. The van der Waals surface area contributed by atoms with Crippen LogP contribution in [0, 0.1) is 0 Å². The van der Waals surface area contributed by atoms with Crippen LogP contribution in [0.2, 0.25) is 0 Å². The highest BCUT2D eigenvalue weighted by Crippen LogP contribution is 2.26. The van der Waals surface area contributed by atoms with E-state index in [4.69, 9.17) is 9.72 Å². The molecular weight excluding hydrogens is 386 g/mol. The van der Waals surface area contributed by atoms with Crippen LogP contribution in [0.1, 0.15) is 28.8 Å². The molecule has 0 spiro atoms. The monoisotopic (exact) mass is 411 g/mol. The average Bonchev–Trinajstić information content (AvgIpc) is 3.49. The first-order valence-electron chi connectivity index (χ1n) is 10.7. The van der Waals surface area contributed by atoms with Crippen molar-refractivity contribution in [2.24, 2.45) is 0 Å². The third kappa shape index (κ3) is 4.04. The zero-order valence-electron chi connectivity index (χ0n) is 17.6. The fourth-order valence-corrected chi connectivity index (χ4v) is 4.17. The fraction of sp³-hybridized carbons (Fsp3) is 0.231. The van der Waals surface area contributed by atoms with Gasteiger partial charge in [-0.2, -0.15) is 0 Å². The van der Waals surface area contributed by atoms with E-state index in [1.54, 1.807) is 19.2 Å². The highest BCUT2D eigenvalue weighted by Gasteiger charge is 2.13. The third-order valence-electron chi connectivity index (χ3n) is 5.93. The van der Waals surface area contributed by atoms with Crippen LogP contribution in [0.3, 0.4) is 0 Å². The molecule has 1 aliphatic rings. The molecule has 1 aromatic heterocycles. The number of hydrogen-bond donors (Lipinski definition) is 1. The number of nitrogens with one attached hydrogen (secondary N) is 1. The standard InChI is InChI=1S/C26H25N3O2/c1-31-22-11-7-19(8-12-22)25(30)17-18-4-13-23-24(16-18)28-26(27-23)20-5-9-21(10-6-20)29-14-2-3-15-29/h4-13,16H,2-3,14-15,17H2,1H3,(H,27,28). The van der Waals surface area contributed by atoms with Crippen LogP contribution in [-0.2, 0) is 6.42 Å². The van der Waals surface area contributed by atoms with Gasteiger partial charge in [0.25, 0.3) is 0 Å². The molecule has 4 aromatic rings. The molecular formula is C26H25N3O2. The summed E-state index contributed by atoms with van der Waals surface area (Å²) in [6.07, 6.45) is 2.89. The van der Waals surface area contributed by atoms with Gasteiger partial charge in [0.2, 0.25) is 0 Å². The zero-order valence-corrected chi connectivity index (χ0v) is 17.6. The number of carbonyl (C=O) groups excluding carboxylic acids is 1. The van der Waals surface area contributed by atoms with Crippen molar-refractivity contribution in [1.29, 1.82) is 0 Å². The lowest BCUT2D eigenvalue weighted by Crippen LogP contribution is -2.17. The van der Waals surface area contributed by atoms with Gasteiger partial charge in [-0.05, 0) is 79.1 Å². The Bertz CT molecular complexity index is 1200. The number of imidazole rings is 1. The van der Waals surface area contributed by atoms with Gasteiger partial charge in [0, 0.05) is 36.3 Å². The van der Waals surface area contributed by atoms with Crippen molar-refractivity contribution in [3.8, 4) is 17.1 Å². The van der Waals surface area contributed by atoms with Crippen molar-refractivity contribution in [1.82, 2.24) is 9.97 Å². The Morgan fingerprint density at radius 3 is 2.45 bits per heavy atom. The van der Waals surface area contributed by atoms with E-state index in [0.29, 0.717) is 12.0 Å². The van der Waals surface area contributed by atoms with Gasteiger partial charge >= 0.3 is 0 Å². The SMILES string of the molecule is COc1ccc(C(=O)Cc2ccc3nc(-c4ccc(N5CCCC5)cc4)[nH]c3c2)cc1. The van der Waals surface area contributed by atoms with Crippen molar-refractivity contribution >= 4 is 22.5 Å². The molecule has 1 aliphatic heterocycles. The quantitative estimate of drug-likeness (QED) is 0.440. The molecule has 1 N–H and O–H groups in total. The first kappa shape index (κ1) is 19.4. The molecule has 0 amide bonds. The Hall–Kier alpha value is -3.60. The summed E-state index contributed by atoms with van der Waals surface area (Å²) in [5.74, 6) is 1.68. The molecule has 1 fully saturated rings. The molecule has 0 bridgehead atoms. The Kier molecular flexibility index (Phi) is 5.16. The molecule has 0 radical (unpaired) electrons. The number of aromatic nitrogens is 2. The minimum atomic E-state index is 0.0826. The first-order valence-corrected chi connectivity index (χ1v) is 10.7. The number of methoxy groups -OCH3 is 1. The molecule has 0 atom stereocenters. The lowest BCUT2D eigenvalue weighted by atomic mass is 10.0. The molecule has 0 aliphatic carbocycles. The summed E-state index contributed by atoms with van der Waals surface area (Å²) >= 11 is 0. The molecule has 1 saturated heterocycles. The third-order valence-corrected chi connectivity index (χ3v) is 5.93. The van der Waals surface area contributed by atoms with E-state index < -0.39 is 0 Å². The van der Waals surface area contributed by atoms with E-state index in [9.17, 15) is 4.79 Å². The largest absolute Gasteiger partial charge is 0.497 e.